The maximum atomic E-state index is 11.5. The molecule has 110 valence electrons. The van der Waals surface area contributed by atoms with Crippen molar-refractivity contribution in [1.82, 2.24) is 9.80 Å². The maximum absolute atomic E-state index is 11.5. The van der Waals surface area contributed by atoms with Crippen molar-refractivity contribution >= 4 is 0 Å². The van der Waals surface area contributed by atoms with Gasteiger partial charge in [0.15, 0.2) is 5.76 Å². The summed E-state index contributed by atoms with van der Waals surface area (Å²) in [6, 6.07) is 1.31. The summed E-state index contributed by atoms with van der Waals surface area (Å²) >= 11 is 0. The zero-order valence-corrected chi connectivity index (χ0v) is 12.2. The Bertz CT molecular complexity index is 543. The molecule has 0 amide bonds. The highest BCUT2D eigenvalue weighted by molar-refractivity contribution is 5.24. The van der Waals surface area contributed by atoms with Gasteiger partial charge < -0.3 is 9.52 Å². The van der Waals surface area contributed by atoms with Gasteiger partial charge >= 0.3 is 0 Å². The first-order valence-corrected chi connectivity index (χ1v) is 6.87. The molecule has 0 aliphatic carbocycles. The van der Waals surface area contributed by atoms with Crippen LogP contribution in [0, 0.1) is 6.92 Å². The van der Waals surface area contributed by atoms with Crippen LogP contribution in [-0.4, -0.2) is 47.6 Å². The fourth-order valence-corrected chi connectivity index (χ4v) is 2.46. The number of hydrogen-bond donors (Lipinski definition) is 1. The van der Waals surface area contributed by atoms with Crippen LogP contribution in [0.25, 0.3) is 0 Å². The first-order valence-electron chi connectivity index (χ1n) is 6.87. The zero-order valence-electron chi connectivity index (χ0n) is 12.2. The molecule has 0 unspecified atom stereocenters. The zero-order chi connectivity index (χ0) is 14.7. The van der Waals surface area contributed by atoms with Crippen molar-refractivity contribution in [3.63, 3.8) is 0 Å². The number of piperazine rings is 1. The predicted molar refractivity (Wildman–Crippen MR) is 77.9 cm³/mol. The van der Waals surface area contributed by atoms with Gasteiger partial charge in [0.1, 0.15) is 5.76 Å². The third kappa shape index (κ3) is 3.71. The van der Waals surface area contributed by atoms with Gasteiger partial charge in [-0.1, -0.05) is 12.2 Å². The highest BCUT2D eigenvalue weighted by Gasteiger charge is 2.19. The molecule has 5 nitrogen and oxygen atoms in total. The highest BCUT2D eigenvalue weighted by atomic mass is 16.4. The molecule has 0 spiro atoms. The Morgan fingerprint density at radius 3 is 2.55 bits per heavy atom. The Morgan fingerprint density at radius 2 is 1.95 bits per heavy atom. The first-order chi connectivity index (χ1) is 9.45. The molecule has 0 atom stereocenters. The van der Waals surface area contributed by atoms with E-state index < -0.39 is 0 Å². The summed E-state index contributed by atoms with van der Waals surface area (Å²) in [5, 5.41) is 9.77. The molecule has 0 saturated carbocycles. The standard InChI is InChI=1S/C15H22N2O3/c1-11(2)9-16-4-6-17(7-5-16)10-14-15(19)13(18)8-12(3)20-14/h8,19H,1,4-7,9-10H2,2-3H3. The summed E-state index contributed by atoms with van der Waals surface area (Å²) in [6.45, 7) is 12.8. The highest BCUT2D eigenvalue weighted by Crippen LogP contribution is 2.17. The van der Waals surface area contributed by atoms with Gasteiger partial charge in [-0.25, -0.2) is 0 Å². The fourth-order valence-electron chi connectivity index (χ4n) is 2.46. The third-order valence-corrected chi connectivity index (χ3v) is 3.44. The Labute approximate surface area is 119 Å². The topological polar surface area (TPSA) is 56.9 Å². The Morgan fingerprint density at radius 1 is 1.35 bits per heavy atom. The lowest BCUT2D eigenvalue weighted by molar-refractivity contribution is 0.125. The van der Waals surface area contributed by atoms with Gasteiger partial charge in [-0.15, -0.1) is 0 Å². The monoisotopic (exact) mass is 278 g/mol. The Hall–Kier alpha value is -1.59. The van der Waals surface area contributed by atoms with Gasteiger partial charge in [0.25, 0.3) is 0 Å². The van der Waals surface area contributed by atoms with Crippen LogP contribution in [-0.2, 0) is 6.54 Å². The van der Waals surface area contributed by atoms with Gasteiger partial charge in [0.05, 0.1) is 6.54 Å². The lowest BCUT2D eigenvalue weighted by atomic mass is 10.2. The number of aromatic hydroxyl groups is 1. The third-order valence-electron chi connectivity index (χ3n) is 3.44. The molecule has 5 heteroatoms. The van der Waals surface area contributed by atoms with Crippen LogP contribution in [0.15, 0.2) is 27.4 Å². The molecule has 0 radical (unpaired) electrons. The summed E-state index contributed by atoms with van der Waals surface area (Å²) < 4.78 is 5.46. The molecule has 1 aromatic heterocycles. The van der Waals surface area contributed by atoms with E-state index in [0.717, 1.165) is 32.7 Å². The van der Waals surface area contributed by atoms with Crippen molar-refractivity contribution in [2.45, 2.75) is 20.4 Å². The lowest BCUT2D eigenvalue weighted by Gasteiger charge is -2.34. The van der Waals surface area contributed by atoms with E-state index in [0.29, 0.717) is 18.1 Å². The normalized spacial score (nSPS) is 17.3. The van der Waals surface area contributed by atoms with E-state index in [9.17, 15) is 9.90 Å². The van der Waals surface area contributed by atoms with Crippen molar-refractivity contribution in [2.75, 3.05) is 32.7 Å². The summed E-state index contributed by atoms with van der Waals surface area (Å²) in [7, 11) is 0. The maximum Gasteiger partial charge on any atom is 0.227 e. The summed E-state index contributed by atoms with van der Waals surface area (Å²) in [5.41, 5.74) is 0.797. The largest absolute Gasteiger partial charge is 0.502 e. The molecule has 20 heavy (non-hydrogen) atoms. The molecule has 1 N–H and O–H groups in total. The van der Waals surface area contributed by atoms with Crippen LogP contribution >= 0.6 is 0 Å². The van der Waals surface area contributed by atoms with E-state index in [4.69, 9.17) is 4.42 Å². The molecule has 0 aromatic carbocycles. The van der Waals surface area contributed by atoms with E-state index >= 15 is 0 Å². The minimum absolute atomic E-state index is 0.264. The van der Waals surface area contributed by atoms with Crippen LogP contribution in [0.5, 0.6) is 5.75 Å². The Balaban J connectivity index is 1.96. The van der Waals surface area contributed by atoms with Crippen molar-refractivity contribution in [3.05, 3.63) is 40.0 Å². The average molecular weight is 278 g/mol. The van der Waals surface area contributed by atoms with Crippen molar-refractivity contribution in [2.24, 2.45) is 0 Å². The minimum atomic E-state index is -0.371. The van der Waals surface area contributed by atoms with E-state index in [-0.39, 0.29) is 11.2 Å². The van der Waals surface area contributed by atoms with Gasteiger partial charge in [-0.05, 0) is 13.8 Å². The van der Waals surface area contributed by atoms with Crippen LogP contribution in [0.4, 0.5) is 0 Å². The lowest BCUT2D eigenvalue weighted by Crippen LogP contribution is -2.46. The van der Waals surface area contributed by atoms with E-state index in [1.165, 1.54) is 11.6 Å². The van der Waals surface area contributed by atoms with E-state index in [1.54, 1.807) is 6.92 Å². The van der Waals surface area contributed by atoms with Crippen LogP contribution in [0.3, 0.4) is 0 Å². The molecule has 1 aromatic rings. The summed E-state index contributed by atoms with van der Waals surface area (Å²) in [4.78, 5) is 16.1. The smallest absolute Gasteiger partial charge is 0.227 e. The predicted octanol–water partition coefficient (Wildman–Crippen LogP) is 1.35. The summed E-state index contributed by atoms with van der Waals surface area (Å²) in [5.74, 6) is 0.632. The first kappa shape index (κ1) is 14.8. The van der Waals surface area contributed by atoms with Gasteiger partial charge in [0, 0.05) is 38.8 Å². The van der Waals surface area contributed by atoms with Crippen LogP contribution in [0.1, 0.15) is 18.4 Å². The average Bonchev–Trinajstić information content (AvgIpc) is 2.37. The second-order valence-electron chi connectivity index (χ2n) is 5.50. The van der Waals surface area contributed by atoms with Crippen LogP contribution in [0.2, 0.25) is 0 Å². The number of nitrogens with zero attached hydrogens (tertiary/aromatic N) is 2. The fraction of sp³-hybridized carbons (Fsp3) is 0.533. The SMILES string of the molecule is C=C(C)CN1CCN(Cc2oc(C)cc(=O)c2O)CC1. The molecule has 1 aliphatic rings. The molecule has 2 heterocycles. The molecular formula is C15H22N2O3. The van der Waals surface area contributed by atoms with Crippen molar-refractivity contribution in [3.8, 4) is 5.75 Å². The van der Waals surface area contributed by atoms with Gasteiger partial charge in [-0.3, -0.25) is 14.6 Å². The van der Waals surface area contributed by atoms with E-state index in [2.05, 4.69) is 16.4 Å². The number of rotatable bonds is 4. The van der Waals surface area contributed by atoms with E-state index in [1.807, 2.05) is 6.92 Å². The van der Waals surface area contributed by atoms with Crippen molar-refractivity contribution < 1.29 is 9.52 Å². The van der Waals surface area contributed by atoms with Gasteiger partial charge in [-0.2, -0.15) is 0 Å². The molecule has 1 saturated heterocycles. The molecule has 1 fully saturated rings. The molecule has 2 rings (SSSR count). The van der Waals surface area contributed by atoms with Crippen molar-refractivity contribution in [1.29, 1.82) is 0 Å². The summed E-state index contributed by atoms with van der Waals surface area (Å²) in [6.07, 6.45) is 0. The number of aryl methyl sites for hydroxylation is 1. The molecule has 0 bridgehead atoms. The van der Waals surface area contributed by atoms with Gasteiger partial charge in [0.2, 0.25) is 11.2 Å². The number of hydrogen-bond acceptors (Lipinski definition) is 5. The Kier molecular flexibility index (Phi) is 4.62. The second kappa shape index (κ2) is 6.24. The molecule has 1 aliphatic heterocycles. The van der Waals surface area contributed by atoms with Crippen LogP contribution < -0.4 is 5.43 Å². The molecular weight excluding hydrogens is 256 g/mol. The quantitative estimate of drug-likeness (QED) is 0.843. The second-order valence-corrected chi connectivity index (χ2v) is 5.50. The minimum Gasteiger partial charge on any atom is -0.502 e.